The van der Waals surface area contributed by atoms with Crippen LogP contribution in [0.4, 0.5) is 0 Å². The fourth-order valence-corrected chi connectivity index (χ4v) is 8.27. The van der Waals surface area contributed by atoms with Gasteiger partial charge in [0.1, 0.15) is 12.2 Å². The van der Waals surface area contributed by atoms with Gasteiger partial charge in [-0.1, -0.05) is 80.1 Å². The smallest absolute Gasteiger partial charge is 0.308 e. The number of carbonyl (C=O) groups is 2. The van der Waals surface area contributed by atoms with Gasteiger partial charge in [0.25, 0.3) is 0 Å². The molecule has 0 radical (unpaired) electrons. The third kappa shape index (κ3) is 11.2. The number of aromatic nitrogens is 3. The Kier molecular flexibility index (Phi) is 16.3. The molecule has 0 bridgehead atoms. The van der Waals surface area contributed by atoms with Crippen molar-refractivity contribution in [2.45, 2.75) is 116 Å². The van der Waals surface area contributed by atoms with Crippen molar-refractivity contribution < 1.29 is 44.2 Å². The van der Waals surface area contributed by atoms with E-state index in [0.717, 1.165) is 27.7 Å². The fourth-order valence-electron chi connectivity index (χ4n) is 8.27. The fraction of sp³-hybridized carbons (Fsp3) is 0.591. The molecule has 1 fully saturated rings. The minimum Gasteiger partial charge on any atom is -0.462 e. The number of ketones is 1. The summed E-state index contributed by atoms with van der Waals surface area (Å²) in [4.78, 5) is 28.8. The van der Waals surface area contributed by atoms with Crippen LogP contribution in [-0.4, -0.2) is 128 Å². The van der Waals surface area contributed by atoms with Crippen LogP contribution in [0.25, 0.3) is 16.5 Å². The number of nitrogens with zero attached hydrogens (tertiary/aromatic N) is 4. The van der Waals surface area contributed by atoms with E-state index in [2.05, 4.69) is 27.8 Å². The summed E-state index contributed by atoms with van der Waals surface area (Å²) in [5.41, 5.74) is 2.39. The molecule has 3 aromatic rings. The molecule has 318 valence electrons. The van der Waals surface area contributed by atoms with Gasteiger partial charge in [0.2, 0.25) is 0 Å². The minimum atomic E-state index is -1.25. The molecule has 14 nitrogen and oxygen atoms in total. The lowest BCUT2D eigenvalue weighted by Gasteiger charge is -2.46. The van der Waals surface area contributed by atoms with E-state index in [4.69, 9.17) is 14.2 Å². The second kappa shape index (κ2) is 20.9. The number of hydrogen-bond donors (Lipinski definition) is 5. The van der Waals surface area contributed by atoms with Crippen molar-refractivity contribution in [3.63, 3.8) is 0 Å². The van der Waals surface area contributed by atoms with Gasteiger partial charge < -0.3 is 44.9 Å². The van der Waals surface area contributed by atoms with Gasteiger partial charge in [-0.15, -0.1) is 5.10 Å². The van der Waals surface area contributed by atoms with Crippen LogP contribution < -0.4 is 5.32 Å². The number of hydrogen-bond acceptors (Lipinski definition) is 13. The molecule has 1 aromatic heterocycles. The first-order valence-corrected chi connectivity index (χ1v) is 20.5. The molecule has 0 amide bonds. The number of nitrogens with one attached hydrogen (secondary N) is 1. The average Bonchev–Trinajstić information content (AvgIpc) is 3.68. The maximum absolute atomic E-state index is 13.7. The van der Waals surface area contributed by atoms with Crippen LogP contribution in [0.5, 0.6) is 0 Å². The van der Waals surface area contributed by atoms with Crippen LogP contribution in [0.3, 0.4) is 0 Å². The van der Waals surface area contributed by atoms with Crippen LogP contribution in [0.15, 0.2) is 72.5 Å². The van der Waals surface area contributed by atoms with Crippen molar-refractivity contribution in [1.29, 1.82) is 0 Å². The maximum atomic E-state index is 13.7. The van der Waals surface area contributed by atoms with Crippen molar-refractivity contribution in [3.8, 4) is 5.69 Å². The molecule has 2 aliphatic heterocycles. The van der Waals surface area contributed by atoms with Gasteiger partial charge in [-0.05, 0) is 77.2 Å². The third-order valence-electron chi connectivity index (χ3n) is 11.7. The Bertz CT molecular complexity index is 1860. The summed E-state index contributed by atoms with van der Waals surface area (Å²) in [6.07, 6.45) is 1.06. The van der Waals surface area contributed by atoms with E-state index in [1.54, 1.807) is 49.7 Å². The topological polar surface area (TPSA) is 189 Å². The summed E-state index contributed by atoms with van der Waals surface area (Å²) >= 11 is 0. The predicted molar refractivity (Wildman–Crippen MR) is 220 cm³/mol. The molecule has 5 rings (SSSR count). The summed E-state index contributed by atoms with van der Waals surface area (Å²) in [5.74, 6) is -2.77. The summed E-state index contributed by atoms with van der Waals surface area (Å²) in [7, 11) is 3.52. The van der Waals surface area contributed by atoms with E-state index in [0.29, 0.717) is 32.4 Å². The van der Waals surface area contributed by atoms with Gasteiger partial charge in [-0.3, -0.25) is 9.59 Å². The SMILES string of the molecule is CC[C@H]1OC(=O)C[C@@H](O)[C@H](C)[C@@H](O[C@@H]2O[C@H](C)[C@@H](O)C(N(C)C)C2O)[C@@H](CCNCc2cn(-c3cccc4ccccc34)nn2)C[C@@H](C)C(=O)/C=C/C(C)=C/[C@@H]1CO. The van der Waals surface area contributed by atoms with Crippen LogP contribution in [-0.2, 0) is 30.3 Å². The number of allylic oxidation sites excluding steroid dienone is 3. The molecule has 5 N–H and O–H groups in total. The second-order valence-electron chi connectivity index (χ2n) is 16.3. The van der Waals surface area contributed by atoms with Gasteiger partial charge in [0, 0.05) is 29.7 Å². The number of cyclic esters (lactones) is 1. The van der Waals surface area contributed by atoms with Crippen LogP contribution in [0.1, 0.15) is 66.0 Å². The summed E-state index contributed by atoms with van der Waals surface area (Å²) < 4.78 is 20.4. The Morgan fingerprint density at radius 3 is 2.48 bits per heavy atom. The van der Waals surface area contributed by atoms with Gasteiger partial charge in [0.15, 0.2) is 12.1 Å². The van der Waals surface area contributed by atoms with Crippen LogP contribution >= 0.6 is 0 Å². The predicted octanol–water partition coefficient (Wildman–Crippen LogP) is 3.73. The largest absolute Gasteiger partial charge is 0.462 e. The Labute approximate surface area is 341 Å². The third-order valence-corrected chi connectivity index (χ3v) is 11.7. The molecule has 0 spiro atoms. The van der Waals surface area contributed by atoms with E-state index < -0.39 is 72.7 Å². The number of aliphatic hydroxyl groups excluding tert-OH is 4. The Balaban J connectivity index is 1.42. The number of fused-ring (bicyclic) bond motifs is 1. The van der Waals surface area contributed by atoms with Crippen molar-refractivity contribution in [1.82, 2.24) is 25.2 Å². The summed E-state index contributed by atoms with van der Waals surface area (Å²) in [6.45, 7) is 9.64. The molecule has 2 unspecified atom stereocenters. The quantitative estimate of drug-likeness (QED) is 0.140. The molecule has 2 aromatic carbocycles. The number of ether oxygens (including phenoxy) is 3. The van der Waals surface area contributed by atoms with E-state index in [9.17, 15) is 30.0 Å². The first kappa shape index (κ1) is 45.2. The van der Waals surface area contributed by atoms with E-state index in [-0.39, 0.29) is 24.7 Å². The molecule has 58 heavy (non-hydrogen) atoms. The number of carbonyl (C=O) groups excluding carboxylic acids is 2. The maximum Gasteiger partial charge on any atom is 0.308 e. The first-order valence-electron chi connectivity index (χ1n) is 20.5. The highest BCUT2D eigenvalue weighted by Gasteiger charge is 2.47. The second-order valence-corrected chi connectivity index (χ2v) is 16.3. The van der Waals surface area contributed by atoms with Crippen LogP contribution in [0.2, 0.25) is 0 Å². The average molecular weight is 806 g/mol. The molecule has 0 saturated carbocycles. The number of esters is 1. The van der Waals surface area contributed by atoms with Gasteiger partial charge in [-0.2, -0.15) is 0 Å². The minimum absolute atomic E-state index is 0.104. The van der Waals surface area contributed by atoms with E-state index in [1.807, 2.05) is 57.3 Å². The standard InChI is InChI=1S/C44H63N5O9/c1-8-38-32(25-50)20-26(2)16-17-36(51)27(3)21-31(18-19-45-23-33-24-49(47-46-33)35-15-11-13-30-12-9-10-14-34(30)35)43(28(4)37(52)22-39(53)57-38)58-44-42(55)40(48(6)7)41(54)29(5)56-44/h9-17,20,24,27-29,31-32,37-38,40-45,50,52,54-55H,8,18-19,21-23,25H2,1-7H3/b17-16+,26-20+/t27-,28+,29-,31+,32-,37-,38-,40?,41-,42?,43-,44+/m1/s1. The zero-order valence-corrected chi connectivity index (χ0v) is 34.8. The Morgan fingerprint density at radius 1 is 1.02 bits per heavy atom. The zero-order valence-electron chi connectivity index (χ0n) is 34.8. The lowest BCUT2D eigenvalue weighted by atomic mass is 9.79. The zero-order chi connectivity index (χ0) is 42.1. The van der Waals surface area contributed by atoms with Gasteiger partial charge >= 0.3 is 5.97 Å². The Hall–Kier alpha value is -3.86. The highest BCUT2D eigenvalue weighted by molar-refractivity contribution is 5.92. The molecule has 3 heterocycles. The number of likely N-dealkylation sites (N-methyl/N-ethyl adjacent to an activating group) is 1. The number of aliphatic hydroxyl groups is 4. The van der Waals surface area contributed by atoms with Crippen molar-refractivity contribution in [2.24, 2.45) is 23.7 Å². The van der Waals surface area contributed by atoms with Gasteiger partial charge in [0.05, 0.1) is 61.1 Å². The molecule has 14 heteroatoms. The van der Waals surface area contributed by atoms with Crippen molar-refractivity contribution >= 4 is 22.5 Å². The monoisotopic (exact) mass is 805 g/mol. The van der Waals surface area contributed by atoms with Crippen LogP contribution in [0, 0.1) is 23.7 Å². The highest BCUT2D eigenvalue weighted by atomic mass is 16.7. The lowest BCUT2D eigenvalue weighted by Crippen LogP contribution is -2.63. The molecule has 12 atom stereocenters. The van der Waals surface area contributed by atoms with E-state index >= 15 is 0 Å². The summed E-state index contributed by atoms with van der Waals surface area (Å²) in [6, 6.07) is 13.4. The molecule has 1 saturated heterocycles. The first-order chi connectivity index (χ1) is 27.7. The van der Waals surface area contributed by atoms with Crippen molar-refractivity contribution in [3.05, 3.63) is 78.2 Å². The lowest BCUT2D eigenvalue weighted by molar-refractivity contribution is -0.304. The number of benzene rings is 2. The molecular formula is C44H63N5O9. The molecular weight excluding hydrogens is 743 g/mol. The number of rotatable bonds is 11. The Morgan fingerprint density at radius 2 is 1.76 bits per heavy atom. The normalized spacial score (nSPS) is 33.5. The van der Waals surface area contributed by atoms with Crippen molar-refractivity contribution in [2.75, 3.05) is 27.2 Å². The van der Waals surface area contributed by atoms with E-state index in [1.165, 1.54) is 6.08 Å². The highest BCUT2D eigenvalue weighted by Crippen LogP contribution is 2.34. The molecule has 2 aliphatic rings. The summed E-state index contributed by atoms with van der Waals surface area (Å²) in [5, 5.41) is 58.8. The molecule has 0 aliphatic carbocycles. The van der Waals surface area contributed by atoms with Gasteiger partial charge in [-0.25, -0.2) is 4.68 Å².